The molecule has 1 saturated carbocycles. The number of aromatic nitrogens is 2. The van der Waals surface area contributed by atoms with Crippen molar-refractivity contribution >= 4 is 0 Å². The highest BCUT2D eigenvalue weighted by atomic mass is 16.5. The number of nitrogens with zero attached hydrogens (tertiary/aromatic N) is 2. The summed E-state index contributed by atoms with van der Waals surface area (Å²) in [7, 11) is 1.95. The normalized spacial score (nSPS) is 29.5. The molecule has 1 fully saturated rings. The Bertz CT molecular complexity index is 364. The van der Waals surface area contributed by atoms with E-state index < -0.39 is 5.60 Å². The number of aliphatic hydroxyl groups is 1. The first-order chi connectivity index (χ1) is 8.12. The fourth-order valence-electron chi connectivity index (χ4n) is 2.47. The van der Waals surface area contributed by atoms with Crippen molar-refractivity contribution in [2.24, 2.45) is 13.0 Å². The van der Waals surface area contributed by atoms with Crippen LogP contribution >= 0.6 is 0 Å². The zero-order valence-corrected chi connectivity index (χ0v) is 10.7. The van der Waals surface area contributed by atoms with Crippen LogP contribution in [-0.4, -0.2) is 26.9 Å². The summed E-state index contributed by atoms with van der Waals surface area (Å²) in [5.41, 5.74) is -0.636. The van der Waals surface area contributed by atoms with Crippen LogP contribution in [0.25, 0.3) is 0 Å². The molecule has 4 heteroatoms. The van der Waals surface area contributed by atoms with E-state index >= 15 is 0 Å². The van der Waals surface area contributed by atoms with Crippen molar-refractivity contribution in [1.29, 1.82) is 0 Å². The lowest BCUT2D eigenvalue weighted by atomic mass is 9.77. The fourth-order valence-corrected chi connectivity index (χ4v) is 2.47. The van der Waals surface area contributed by atoms with Crippen molar-refractivity contribution in [3.63, 3.8) is 0 Å². The van der Waals surface area contributed by atoms with Crippen molar-refractivity contribution in [3.05, 3.63) is 18.2 Å². The Balaban J connectivity index is 1.83. The Hall–Kier alpha value is -0.870. The molecule has 0 aliphatic heterocycles. The summed E-state index contributed by atoms with van der Waals surface area (Å²) in [5, 5.41) is 10.5. The van der Waals surface area contributed by atoms with Crippen LogP contribution in [0.3, 0.4) is 0 Å². The maximum atomic E-state index is 10.5. The second-order valence-corrected chi connectivity index (χ2v) is 5.20. The maximum absolute atomic E-state index is 10.5. The molecular formula is C13H22N2O2. The van der Waals surface area contributed by atoms with Crippen molar-refractivity contribution in [1.82, 2.24) is 9.55 Å². The molecule has 0 bridgehead atoms. The van der Waals surface area contributed by atoms with Gasteiger partial charge in [-0.15, -0.1) is 0 Å². The van der Waals surface area contributed by atoms with Crippen LogP contribution in [0.15, 0.2) is 12.4 Å². The van der Waals surface area contributed by atoms with E-state index in [1.54, 1.807) is 6.20 Å². The molecule has 1 aliphatic carbocycles. The third-order valence-electron chi connectivity index (χ3n) is 3.92. The molecule has 96 valence electrons. The van der Waals surface area contributed by atoms with Gasteiger partial charge in [0.2, 0.25) is 0 Å². The van der Waals surface area contributed by atoms with Gasteiger partial charge in [-0.1, -0.05) is 19.8 Å². The predicted octanol–water partition coefficient (Wildman–Crippen LogP) is 1.88. The largest absolute Gasteiger partial charge is 0.387 e. The number of hydrogen-bond donors (Lipinski definition) is 1. The number of imidazole rings is 1. The van der Waals surface area contributed by atoms with Gasteiger partial charge in [-0.3, -0.25) is 0 Å². The molecule has 1 heterocycles. The summed E-state index contributed by atoms with van der Waals surface area (Å²) in [6.45, 7) is 3.00. The molecule has 1 N–H and O–H groups in total. The summed E-state index contributed by atoms with van der Waals surface area (Å²) >= 11 is 0. The van der Waals surface area contributed by atoms with Crippen LogP contribution in [0, 0.1) is 5.92 Å². The van der Waals surface area contributed by atoms with Gasteiger partial charge in [-0.25, -0.2) is 4.98 Å². The van der Waals surface area contributed by atoms with Gasteiger partial charge in [-0.05, 0) is 18.8 Å². The first-order valence-corrected chi connectivity index (χ1v) is 6.38. The Morgan fingerprint density at radius 2 is 2.41 bits per heavy atom. The number of rotatable bonds is 4. The highest BCUT2D eigenvalue weighted by molar-refractivity contribution is 4.90. The van der Waals surface area contributed by atoms with E-state index in [0.717, 1.165) is 25.1 Å². The highest BCUT2D eigenvalue weighted by Crippen LogP contribution is 2.33. The average Bonchev–Trinajstić information content (AvgIpc) is 2.69. The van der Waals surface area contributed by atoms with Crippen LogP contribution in [0.5, 0.6) is 0 Å². The first-order valence-electron chi connectivity index (χ1n) is 6.38. The van der Waals surface area contributed by atoms with E-state index in [0.29, 0.717) is 19.1 Å². The third kappa shape index (κ3) is 2.87. The molecule has 17 heavy (non-hydrogen) atoms. The topological polar surface area (TPSA) is 47.3 Å². The second kappa shape index (κ2) is 5.19. The Kier molecular flexibility index (Phi) is 3.84. The van der Waals surface area contributed by atoms with E-state index in [1.807, 2.05) is 17.8 Å². The van der Waals surface area contributed by atoms with Crippen molar-refractivity contribution in [2.75, 3.05) is 6.61 Å². The van der Waals surface area contributed by atoms with E-state index in [2.05, 4.69) is 11.9 Å². The van der Waals surface area contributed by atoms with Gasteiger partial charge in [0.05, 0.1) is 12.2 Å². The Morgan fingerprint density at radius 3 is 3.06 bits per heavy atom. The molecule has 0 aromatic carbocycles. The molecule has 0 saturated heterocycles. The van der Waals surface area contributed by atoms with Gasteiger partial charge in [0.15, 0.2) is 0 Å². The standard InChI is InChI=1S/C13H22N2O2/c1-11-5-3-4-6-13(11,16)10-17-9-12-14-7-8-15(12)2/h7-8,11,16H,3-6,9-10H2,1-2H3. The van der Waals surface area contributed by atoms with Gasteiger partial charge in [0.1, 0.15) is 12.4 Å². The minimum Gasteiger partial charge on any atom is -0.387 e. The molecule has 1 aromatic rings. The summed E-state index contributed by atoms with van der Waals surface area (Å²) in [5.74, 6) is 1.23. The smallest absolute Gasteiger partial charge is 0.134 e. The molecule has 0 amide bonds. The summed E-state index contributed by atoms with van der Waals surface area (Å²) in [6.07, 6.45) is 7.94. The van der Waals surface area contributed by atoms with Gasteiger partial charge >= 0.3 is 0 Å². The van der Waals surface area contributed by atoms with E-state index in [9.17, 15) is 5.11 Å². The predicted molar refractivity (Wildman–Crippen MR) is 65.4 cm³/mol. The monoisotopic (exact) mass is 238 g/mol. The fraction of sp³-hybridized carbons (Fsp3) is 0.769. The lowest BCUT2D eigenvalue weighted by Crippen LogP contribution is -2.43. The second-order valence-electron chi connectivity index (χ2n) is 5.20. The highest BCUT2D eigenvalue weighted by Gasteiger charge is 2.36. The van der Waals surface area contributed by atoms with Gasteiger partial charge in [-0.2, -0.15) is 0 Å². The molecular weight excluding hydrogens is 216 g/mol. The molecule has 2 atom stereocenters. The lowest BCUT2D eigenvalue weighted by Gasteiger charge is -2.37. The quantitative estimate of drug-likeness (QED) is 0.871. The number of aryl methyl sites for hydroxylation is 1. The average molecular weight is 238 g/mol. The zero-order valence-electron chi connectivity index (χ0n) is 10.7. The van der Waals surface area contributed by atoms with E-state index in [-0.39, 0.29) is 0 Å². The maximum Gasteiger partial charge on any atom is 0.134 e. The van der Waals surface area contributed by atoms with Crippen LogP contribution in [0.4, 0.5) is 0 Å². The summed E-state index contributed by atoms with van der Waals surface area (Å²) in [6, 6.07) is 0. The van der Waals surface area contributed by atoms with E-state index in [4.69, 9.17) is 4.74 Å². The van der Waals surface area contributed by atoms with Gasteiger partial charge in [0.25, 0.3) is 0 Å². The molecule has 1 aromatic heterocycles. The van der Waals surface area contributed by atoms with E-state index in [1.165, 1.54) is 6.42 Å². The minimum absolute atomic E-state index is 0.331. The third-order valence-corrected chi connectivity index (χ3v) is 3.92. The van der Waals surface area contributed by atoms with Gasteiger partial charge < -0.3 is 14.4 Å². The van der Waals surface area contributed by atoms with Gasteiger partial charge in [0, 0.05) is 19.4 Å². The molecule has 4 nitrogen and oxygen atoms in total. The van der Waals surface area contributed by atoms with Crippen LogP contribution in [0.2, 0.25) is 0 Å². The summed E-state index contributed by atoms with van der Waals surface area (Å²) < 4.78 is 7.58. The van der Waals surface area contributed by atoms with Crippen LogP contribution < -0.4 is 0 Å². The number of ether oxygens (including phenoxy) is 1. The minimum atomic E-state index is -0.636. The van der Waals surface area contributed by atoms with Crippen molar-refractivity contribution in [2.45, 2.75) is 44.8 Å². The Labute approximate surface area is 103 Å². The lowest BCUT2D eigenvalue weighted by molar-refractivity contribution is -0.105. The molecule has 0 radical (unpaired) electrons. The molecule has 1 aliphatic rings. The molecule has 2 rings (SSSR count). The molecule has 0 spiro atoms. The number of hydrogen-bond acceptors (Lipinski definition) is 3. The van der Waals surface area contributed by atoms with Crippen LogP contribution in [0.1, 0.15) is 38.4 Å². The zero-order chi connectivity index (χ0) is 12.3. The first kappa shape index (κ1) is 12.6. The Morgan fingerprint density at radius 1 is 1.59 bits per heavy atom. The molecule has 2 unspecified atom stereocenters. The SMILES string of the molecule is CC1CCCCC1(O)COCc1nccn1C. The summed E-state index contributed by atoms with van der Waals surface area (Å²) in [4.78, 5) is 4.20. The van der Waals surface area contributed by atoms with Crippen LogP contribution in [-0.2, 0) is 18.4 Å². The van der Waals surface area contributed by atoms with Crippen molar-refractivity contribution in [3.8, 4) is 0 Å². The van der Waals surface area contributed by atoms with Crippen molar-refractivity contribution < 1.29 is 9.84 Å².